The first-order chi connectivity index (χ1) is 12.6. The Hall–Kier alpha value is -1.06. The molecule has 3 aliphatic heterocycles. The van der Waals surface area contributed by atoms with Crippen LogP contribution in [0.25, 0.3) is 0 Å². The number of aliphatic carboxylic acids is 1. The number of fused-ring (bicyclic) bond motifs is 1. The van der Waals surface area contributed by atoms with Gasteiger partial charge in [0.05, 0.1) is 5.66 Å². The van der Waals surface area contributed by atoms with Gasteiger partial charge >= 0.3 is 35.5 Å². The van der Waals surface area contributed by atoms with E-state index in [4.69, 9.17) is 0 Å². The molecule has 0 bridgehead atoms. The number of carbonyl (C=O) groups excluding carboxylic acids is 2. The molecule has 7 nitrogen and oxygen atoms in total. The van der Waals surface area contributed by atoms with Gasteiger partial charge in [0, 0.05) is 4.75 Å². The molecule has 2 amide bonds. The molecule has 0 spiro atoms. The van der Waals surface area contributed by atoms with Gasteiger partial charge in [-0.25, -0.2) is 4.79 Å². The van der Waals surface area contributed by atoms with Crippen molar-refractivity contribution in [2.45, 2.75) is 61.6 Å². The molecule has 3 fully saturated rings. The molecule has 1 aromatic carbocycles. The first-order valence-corrected chi connectivity index (χ1v) is 9.83. The fourth-order valence-corrected chi connectivity index (χ4v) is 6.16. The van der Waals surface area contributed by atoms with Crippen LogP contribution < -0.4 is 34.9 Å². The molecule has 0 radical (unpaired) electrons. The summed E-state index contributed by atoms with van der Waals surface area (Å²) >= 11 is 1.46. The van der Waals surface area contributed by atoms with Crippen LogP contribution in [0.1, 0.15) is 40.7 Å². The zero-order chi connectivity index (χ0) is 19.7. The van der Waals surface area contributed by atoms with E-state index < -0.39 is 34.5 Å². The molecule has 28 heavy (non-hydrogen) atoms. The fraction of sp³-hybridized carbons (Fsp3) is 0.526. The van der Waals surface area contributed by atoms with Crippen LogP contribution >= 0.6 is 11.8 Å². The van der Waals surface area contributed by atoms with Crippen molar-refractivity contribution in [3.63, 3.8) is 0 Å². The molecule has 0 aromatic heterocycles. The molecule has 2 N–H and O–H groups in total. The number of amides is 2. The molecule has 1 aromatic rings. The number of carboxylic acids is 1. The topological polar surface area (TPSA) is 90.0 Å². The van der Waals surface area contributed by atoms with Crippen molar-refractivity contribution in [2.75, 3.05) is 0 Å². The normalized spacial score (nSPS) is 32.6. The number of rotatable bonds is 3. The summed E-state index contributed by atoms with van der Waals surface area (Å²) in [5.41, 5.74) is 0.139. The van der Waals surface area contributed by atoms with Crippen LogP contribution in [0.4, 0.5) is 0 Å². The van der Waals surface area contributed by atoms with Gasteiger partial charge in [0.2, 0.25) is 11.8 Å². The number of nitrogens with one attached hydrogen (secondary N) is 1. The Morgan fingerprint density at radius 1 is 1.14 bits per heavy atom. The van der Waals surface area contributed by atoms with E-state index in [1.54, 1.807) is 4.90 Å². The molecule has 0 unspecified atom stereocenters. The third kappa shape index (κ3) is 3.01. The van der Waals surface area contributed by atoms with Crippen molar-refractivity contribution in [3.05, 3.63) is 35.9 Å². The van der Waals surface area contributed by atoms with Crippen LogP contribution in [0.5, 0.6) is 0 Å². The van der Waals surface area contributed by atoms with Gasteiger partial charge in [0.25, 0.3) is 0 Å². The third-order valence-electron chi connectivity index (χ3n) is 5.64. The monoisotopic (exact) mass is 413 g/mol. The first kappa shape index (κ1) is 21.6. The minimum atomic E-state index is -1.01. The van der Waals surface area contributed by atoms with Crippen molar-refractivity contribution in [1.29, 1.82) is 0 Å². The quantitative estimate of drug-likeness (QED) is 0.465. The Morgan fingerprint density at radius 3 is 2.32 bits per heavy atom. The average molecular weight is 413 g/mol. The summed E-state index contributed by atoms with van der Waals surface area (Å²) in [6.45, 7) is 7.43. The van der Waals surface area contributed by atoms with Crippen LogP contribution in [-0.4, -0.2) is 60.6 Å². The van der Waals surface area contributed by atoms with E-state index in [9.17, 15) is 19.5 Å². The van der Waals surface area contributed by atoms with E-state index in [-0.39, 0.29) is 48.2 Å². The number of benzene rings is 1. The minimum Gasteiger partial charge on any atom is -1.00 e. The van der Waals surface area contributed by atoms with Crippen LogP contribution in [0.15, 0.2) is 30.3 Å². The number of carbonyl (C=O) groups is 3. The number of hydrogen-bond acceptors (Lipinski definition) is 5. The fourth-order valence-electron chi connectivity index (χ4n) is 4.49. The third-order valence-corrected chi connectivity index (χ3v) is 7.20. The second-order valence-electron chi connectivity index (χ2n) is 8.30. The van der Waals surface area contributed by atoms with Gasteiger partial charge in [0.15, 0.2) is 0 Å². The van der Waals surface area contributed by atoms with Gasteiger partial charge in [-0.05, 0) is 33.3 Å². The molecule has 146 valence electrons. The van der Waals surface area contributed by atoms with Crippen LogP contribution in [0.2, 0.25) is 0 Å². The van der Waals surface area contributed by atoms with Crippen molar-refractivity contribution in [1.82, 2.24) is 15.1 Å². The Morgan fingerprint density at radius 2 is 1.75 bits per heavy atom. The Kier molecular flexibility index (Phi) is 5.43. The molecule has 4 atom stereocenters. The molecule has 0 aliphatic carbocycles. The first-order valence-electron chi connectivity index (χ1n) is 8.95. The summed E-state index contributed by atoms with van der Waals surface area (Å²) in [6.07, 6.45) is 0. The number of thioether (sulfide) groups is 1. The Balaban J connectivity index is 0.00000150. The number of hydrogen-bond donors (Lipinski definition) is 2. The Labute approximate surface area is 192 Å². The summed E-state index contributed by atoms with van der Waals surface area (Å²) in [6, 6.07) is 7.37. The molecule has 4 rings (SSSR count). The molecular weight excluding hydrogens is 389 g/mol. The van der Waals surface area contributed by atoms with Gasteiger partial charge in [-0.2, -0.15) is 0 Å². The molecule has 0 saturated carbocycles. The average Bonchev–Trinajstić information content (AvgIpc) is 2.98. The minimum absolute atomic E-state index is 0. The maximum atomic E-state index is 13.2. The summed E-state index contributed by atoms with van der Waals surface area (Å²) < 4.78 is -0.611. The van der Waals surface area contributed by atoms with E-state index in [0.717, 1.165) is 5.56 Å². The van der Waals surface area contributed by atoms with E-state index in [1.165, 1.54) is 16.7 Å². The predicted molar refractivity (Wildman–Crippen MR) is 102 cm³/mol. The molecular formula is C19H24N3NaO4S. The summed E-state index contributed by atoms with van der Waals surface area (Å²) in [7, 11) is 0. The summed E-state index contributed by atoms with van der Waals surface area (Å²) in [4.78, 5) is 40.9. The van der Waals surface area contributed by atoms with Gasteiger partial charge in [-0.15, -0.1) is 11.8 Å². The second kappa shape index (κ2) is 7.02. The summed E-state index contributed by atoms with van der Waals surface area (Å²) in [5.74, 6) is -1.45. The van der Waals surface area contributed by atoms with Gasteiger partial charge in [-0.1, -0.05) is 30.3 Å². The van der Waals surface area contributed by atoms with E-state index >= 15 is 0 Å². The van der Waals surface area contributed by atoms with Crippen LogP contribution in [0, 0.1) is 0 Å². The predicted octanol–water partition coefficient (Wildman–Crippen LogP) is -1.47. The van der Waals surface area contributed by atoms with Crippen LogP contribution in [0.3, 0.4) is 0 Å². The number of β-lactam (4-membered cyclic amide) rings is 1. The van der Waals surface area contributed by atoms with Gasteiger partial charge in [0.1, 0.15) is 23.5 Å². The number of nitrogens with zero attached hydrogens (tertiary/aromatic N) is 2. The molecule has 3 saturated heterocycles. The number of carboxylic acid groups (broad SMARTS) is 1. The van der Waals surface area contributed by atoms with Crippen LogP contribution in [-0.2, 0) is 14.4 Å². The van der Waals surface area contributed by atoms with E-state index in [2.05, 4.69) is 5.32 Å². The van der Waals surface area contributed by atoms with Crippen molar-refractivity contribution < 1.29 is 50.5 Å². The maximum absolute atomic E-state index is 13.2. The SMILES string of the molecule is CC1(C)S[C@@H]2[C@H](N3C(=O)[C@@H](c4ccccc4)NC3(C)C)C(=O)N2[C@H]1C(=O)O.[H-].[Na+]. The largest absolute Gasteiger partial charge is 1.00 e. The van der Waals surface area contributed by atoms with Crippen molar-refractivity contribution in [3.8, 4) is 0 Å². The summed E-state index contributed by atoms with van der Waals surface area (Å²) in [5, 5.41) is 12.6. The van der Waals surface area contributed by atoms with Gasteiger partial charge < -0.3 is 16.3 Å². The Bertz CT molecular complexity index is 838. The second-order valence-corrected chi connectivity index (χ2v) is 10.1. The molecule has 3 heterocycles. The molecule has 9 heteroatoms. The smallest absolute Gasteiger partial charge is 1.00 e. The maximum Gasteiger partial charge on any atom is 1.00 e. The van der Waals surface area contributed by atoms with E-state index in [1.807, 2.05) is 58.0 Å². The van der Waals surface area contributed by atoms with Crippen molar-refractivity contribution >= 4 is 29.5 Å². The zero-order valence-corrected chi connectivity index (χ0v) is 19.5. The molecule has 3 aliphatic rings. The zero-order valence-electron chi connectivity index (χ0n) is 17.7. The van der Waals surface area contributed by atoms with Crippen molar-refractivity contribution in [2.24, 2.45) is 0 Å². The van der Waals surface area contributed by atoms with Gasteiger partial charge in [-0.3, -0.25) is 14.9 Å². The van der Waals surface area contributed by atoms with E-state index in [0.29, 0.717) is 0 Å². The standard InChI is InChI=1S/C19H23N3O4S.Na.H/c1-18(2)13(17(25)26)21-15(24)12(16(21)27-18)22-14(23)11(20-19(22,3)4)10-8-6-5-7-9-10;;/h5-9,11-13,16,20H,1-4H3,(H,25,26);;/q;+1;-1/t11-,12-,13+,16-;;/m1../s1.